The average molecular weight is 296 g/mol. The van der Waals surface area contributed by atoms with E-state index in [2.05, 4.69) is 38.1 Å². The molecule has 3 nitrogen and oxygen atoms in total. The number of nitrogens with zero attached hydrogens (tertiary/aromatic N) is 1. The fraction of sp³-hybridized carbons (Fsp3) is 0.364. The van der Waals surface area contributed by atoms with Crippen molar-refractivity contribution in [3.8, 4) is 0 Å². The lowest BCUT2D eigenvalue weighted by molar-refractivity contribution is 0.801. The van der Waals surface area contributed by atoms with Crippen molar-refractivity contribution in [3.63, 3.8) is 0 Å². The predicted molar refractivity (Wildman–Crippen MR) is 69.6 cm³/mol. The van der Waals surface area contributed by atoms with Crippen LogP contribution in [0.3, 0.4) is 0 Å². The monoisotopic (exact) mass is 295 g/mol. The number of halogens is 1. The van der Waals surface area contributed by atoms with Crippen molar-refractivity contribution in [1.29, 1.82) is 0 Å². The summed E-state index contributed by atoms with van der Waals surface area (Å²) in [6, 6.07) is 6.23. The highest BCUT2D eigenvalue weighted by Crippen LogP contribution is 2.69. The van der Waals surface area contributed by atoms with Crippen LogP contribution in [0, 0.1) is 5.92 Å². The minimum absolute atomic E-state index is 0.333. The second-order valence-corrected chi connectivity index (χ2v) is 6.40. The van der Waals surface area contributed by atoms with Crippen molar-refractivity contribution in [2.24, 2.45) is 10.9 Å². The lowest BCUT2D eigenvalue weighted by Crippen LogP contribution is -2.30. The van der Waals surface area contributed by atoms with Gasteiger partial charge in [-0.1, -0.05) is 15.9 Å². The molecule has 1 aliphatic heterocycles. The van der Waals surface area contributed by atoms with Gasteiger partial charge in [-0.15, -0.1) is 0 Å². The van der Waals surface area contributed by atoms with Crippen LogP contribution in [0.2, 0.25) is 0 Å². The molecule has 0 spiro atoms. The first-order chi connectivity index (χ1) is 7.75. The zero-order valence-corrected chi connectivity index (χ0v) is 10.9. The highest BCUT2D eigenvalue weighted by molar-refractivity contribution is 9.10. The van der Waals surface area contributed by atoms with Gasteiger partial charge in [0.2, 0.25) is 5.96 Å². The zero-order valence-electron chi connectivity index (χ0n) is 8.46. The highest BCUT2D eigenvalue weighted by atomic mass is 79.9. The van der Waals surface area contributed by atoms with Gasteiger partial charge >= 0.3 is 0 Å². The maximum Gasteiger partial charge on any atom is 0.206 e. The molecule has 2 saturated carbocycles. The summed E-state index contributed by atoms with van der Waals surface area (Å²) in [7, 11) is 0. The van der Waals surface area contributed by atoms with E-state index in [1.54, 1.807) is 11.9 Å². The van der Waals surface area contributed by atoms with Gasteiger partial charge in [-0.05, 0) is 48.9 Å². The van der Waals surface area contributed by atoms with E-state index in [4.69, 9.17) is 4.99 Å². The van der Waals surface area contributed by atoms with E-state index in [0.717, 1.165) is 22.0 Å². The molecule has 0 aromatic heterocycles. The van der Waals surface area contributed by atoms with Gasteiger partial charge in [-0.3, -0.25) is 4.72 Å². The molecule has 2 fully saturated rings. The Morgan fingerprint density at radius 1 is 1.44 bits per heavy atom. The predicted octanol–water partition coefficient (Wildman–Crippen LogP) is 2.99. The molecule has 1 aromatic rings. The summed E-state index contributed by atoms with van der Waals surface area (Å²) in [5, 5.41) is 3.35. The molecule has 3 aliphatic rings. The fourth-order valence-corrected chi connectivity index (χ4v) is 3.10. The van der Waals surface area contributed by atoms with Gasteiger partial charge in [0.25, 0.3) is 0 Å². The van der Waals surface area contributed by atoms with E-state index in [0.29, 0.717) is 5.54 Å². The Morgan fingerprint density at radius 3 is 3.00 bits per heavy atom. The normalized spacial score (nSPS) is 35.8. The van der Waals surface area contributed by atoms with Crippen LogP contribution >= 0.6 is 27.9 Å². The van der Waals surface area contributed by atoms with Crippen LogP contribution in [0.5, 0.6) is 0 Å². The van der Waals surface area contributed by atoms with E-state index in [-0.39, 0.29) is 0 Å². The quantitative estimate of drug-likeness (QED) is 0.782. The number of anilines is 1. The van der Waals surface area contributed by atoms with Crippen molar-refractivity contribution in [1.82, 2.24) is 4.72 Å². The number of nitrogens with one attached hydrogen (secondary N) is 2. The largest absolute Gasteiger partial charge is 0.325 e. The van der Waals surface area contributed by atoms with Crippen LogP contribution < -0.4 is 10.0 Å². The maximum absolute atomic E-state index is 4.74. The van der Waals surface area contributed by atoms with Crippen molar-refractivity contribution in [3.05, 3.63) is 22.7 Å². The summed E-state index contributed by atoms with van der Waals surface area (Å²) in [5.74, 6) is 1.80. The third kappa shape index (κ3) is 1.38. The van der Waals surface area contributed by atoms with Crippen LogP contribution in [0.4, 0.5) is 5.69 Å². The van der Waals surface area contributed by atoms with Gasteiger partial charge in [-0.2, -0.15) is 0 Å². The topological polar surface area (TPSA) is 36.4 Å². The number of benzene rings is 1. The summed E-state index contributed by atoms with van der Waals surface area (Å²) in [6.45, 7) is 0. The molecule has 5 heteroatoms. The number of fused-ring (bicyclic) bond motifs is 2. The summed E-state index contributed by atoms with van der Waals surface area (Å²) < 4.78 is 4.35. The molecule has 0 saturated heterocycles. The highest BCUT2D eigenvalue weighted by Gasteiger charge is 2.70. The Hall–Kier alpha value is -0.680. The second-order valence-electron chi connectivity index (χ2n) is 4.64. The first-order valence-corrected chi connectivity index (χ1v) is 6.95. The molecule has 82 valence electrons. The molecule has 4 rings (SSSR count). The van der Waals surface area contributed by atoms with Crippen molar-refractivity contribution < 1.29 is 0 Å². The number of aliphatic imine (C=N–C) groups is 1. The van der Waals surface area contributed by atoms with Gasteiger partial charge in [0, 0.05) is 4.47 Å². The third-order valence-corrected chi connectivity index (χ3v) is 4.79. The molecule has 16 heavy (non-hydrogen) atoms. The molecule has 1 heterocycles. The van der Waals surface area contributed by atoms with Crippen LogP contribution in [0.25, 0.3) is 0 Å². The lowest BCUT2D eigenvalue weighted by Gasteiger charge is -2.20. The molecule has 0 radical (unpaired) electrons. The lowest BCUT2D eigenvalue weighted by atomic mass is 10.3. The zero-order chi connectivity index (χ0) is 10.8. The average Bonchev–Trinajstić information content (AvgIpc) is 3.06. The first-order valence-electron chi connectivity index (χ1n) is 5.34. The Bertz CT molecular complexity index is 508. The van der Waals surface area contributed by atoms with Crippen LogP contribution in [-0.2, 0) is 0 Å². The molecule has 1 aromatic carbocycles. The maximum atomic E-state index is 4.74. The van der Waals surface area contributed by atoms with Crippen LogP contribution in [-0.4, -0.2) is 11.5 Å². The third-order valence-electron chi connectivity index (χ3n) is 3.43. The first kappa shape index (κ1) is 9.36. The van der Waals surface area contributed by atoms with Crippen LogP contribution in [0.15, 0.2) is 32.6 Å². The molecule has 0 atom stereocenters. The summed E-state index contributed by atoms with van der Waals surface area (Å²) in [5.41, 5.74) is 1.46. The Morgan fingerprint density at radius 2 is 2.25 bits per heavy atom. The fourth-order valence-electron chi connectivity index (χ4n) is 2.08. The van der Waals surface area contributed by atoms with Gasteiger partial charge in [0.15, 0.2) is 0 Å². The van der Waals surface area contributed by atoms with Crippen molar-refractivity contribution in [2.45, 2.75) is 23.3 Å². The van der Waals surface area contributed by atoms with Gasteiger partial charge in [-0.25, -0.2) is 4.99 Å². The molecular weight excluding hydrogens is 286 g/mol. The Kier molecular flexibility index (Phi) is 1.73. The molecule has 0 bridgehead atoms. The van der Waals surface area contributed by atoms with E-state index < -0.39 is 0 Å². The summed E-state index contributed by atoms with van der Waals surface area (Å²) in [6.07, 6.45) is 2.58. The number of hydrogen-bond donors (Lipinski definition) is 2. The smallest absolute Gasteiger partial charge is 0.206 e. The molecule has 2 N–H and O–H groups in total. The van der Waals surface area contributed by atoms with E-state index in [1.165, 1.54) is 17.7 Å². The van der Waals surface area contributed by atoms with E-state index in [1.807, 2.05) is 6.07 Å². The van der Waals surface area contributed by atoms with Crippen molar-refractivity contribution >= 4 is 39.5 Å². The van der Waals surface area contributed by atoms with Gasteiger partial charge in [0.1, 0.15) is 0 Å². The van der Waals surface area contributed by atoms with Gasteiger partial charge < -0.3 is 5.32 Å². The molecular formula is C11H10BrN3S. The number of hydrogen-bond acceptors (Lipinski definition) is 2. The van der Waals surface area contributed by atoms with Gasteiger partial charge in [0.05, 0.1) is 16.1 Å². The molecule has 2 aliphatic carbocycles. The Balaban J connectivity index is 1.65. The number of rotatable bonds is 1. The standard InChI is InChI=1S/C11H10BrN3S/c12-7-1-2-9-8(3-7)13-10(15-16-9)14-11-4-6(11)5-11/h1-3,6H,4-5H2,(H2,13,14,15). The van der Waals surface area contributed by atoms with E-state index in [9.17, 15) is 0 Å². The van der Waals surface area contributed by atoms with Crippen molar-refractivity contribution in [2.75, 3.05) is 5.32 Å². The SMILES string of the molecule is Brc1ccc2c(c1)NC(=NC13CC1C3)NS2. The molecule has 0 unspecified atom stereocenters. The molecule has 0 amide bonds. The Labute approximate surface area is 106 Å². The summed E-state index contributed by atoms with van der Waals surface area (Å²) >= 11 is 5.11. The minimum Gasteiger partial charge on any atom is -0.325 e. The van der Waals surface area contributed by atoms with Crippen LogP contribution in [0.1, 0.15) is 12.8 Å². The minimum atomic E-state index is 0.333. The van der Waals surface area contributed by atoms with E-state index >= 15 is 0 Å². The number of guanidine groups is 1. The second kappa shape index (κ2) is 2.96. The summed E-state index contributed by atoms with van der Waals surface area (Å²) in [4.78, 5) is 5.95.